The molecule has 0 bridgehead atoms. The molecule has 8 heteroatoms. The third-order valence-electron chi connectivity index (χ3n) is 4.13. The highest BCUT2D eigenvalue weighted by molar-refractivity contribution is 5.88. The summed E-state index contributed by atoms with van der Waals surface area (Å²) in [6.07, 6.45) is -5.98. The molecular weight excluding hydrogens is 375 g/mol. The van der Waals surface area contributed by atoms with Gasteiger partial charge in [0.1, 0.15) is 6.04 Å². The van der Waals surface area contributed by atoms with Crippen LogP contribution in [0.4, 0.5) is 13.2 Å². The van der Waals surface area contributed by atoms with E-state index in [4.69, 9.17) is 4.74 Å². The number of hydrogen-bond donors (Lipinski definition) is 1. The number of carbonyl (C=O) groups excluding carboxylic acids is 2. The molecule has 1 N–H and O–H groups in total. The highest BCUT2D eigenvalue weighted by atomic mass is 19.4. The second-order valence-electron chi connectivity index (χ2n) is 5.97. The Labute approximate surface area is 160 Å². The third-order valence-corrected chi connectivity index (χ3v) is 4.13. The average Bonchev–Trinajstić information content (AvgIpc) is 2.68. The molecular formula is C20H20F3NO4. The summed E-state index contributed by atoms with van der Waals surface area (Å²) in [6, 6.07) is 12.1. The molecule has 0 saturated heterocycles. The van der Waals surface area contributed by atoms with E-state index in [9.17, 15) is 22.8 Å². The molecule has 0 heterocycles. The Bertz CT molecular complexity index is 809. The van der Waals surface area contributed by atoms with Gasteiger partial charge in [0.15, 0.2) is 6.10 Å². The Morgan fingerprint density at radius 1 is 1.00 bits per heavy atom. The van der Waals surface area contributed by atoms with Crippen LogP contribution in [0.15, 0.2) is 54.6 Å². The van der Waals surface area contributed by atoms with Crippen LogP contribution in [0.1, 0.15) is 22.8 Å². The molecule has 0 saturated carbocycles. The van der Waals surface area contributed by atoms with Crippen LogP contribution in [0.2, 0.25) is 0 Å². The van der Waals surface area contributed by atoms with Crippen molar-refractivity contribution in [2.24, 2.45) is 0 Å². The van der Waals surface area contributed by atoms with Gasteiger partial charge in [0, 0.05) is 13.5 Å². The zero-order valence-electron chi connectivity index (χ0n) is 15.3. The summed E-state index contributed by atoms with van der Waals surface area (Å²) in [7, 11) is 2.42. The van der Waals surface area contributed by atoms with Gasteiger partial charge in [0.05, 0.1) is 12.7 Å². The lowest BCUT2D eigenvalue weighted by atomic mass is 9.99. The summed E-state index contributed by atoms with van der Waals surface area (Å²) >= 11 is 0. The van der Waals surface area contributed by atoms with Crippen LogP contribution in [0.3, 0.4) is 0 Å². The van der Waals surface area contributed by atoms with E-state index in [1.54, 1.807) is 30.3 Å². The standard InChI is InChI=1S/C20H20F3NO4/c1-27-17(13-8-4-3-5-9-13)18(25)24-16(19(26)28-2)12-14-10-6-7-11-15(14)20(21,22)23/h3-11,16-17H,12H2,1-2H3,(H,24,25)/t16-,17+/m1/s1. The van der Waals surface area contributed by atoms with Gasteiger partial charge < -0.3 is 14.8 Å². The number of amides is 1. The van der Waals surface area contributed by atoms with E-state index in [-0.39, 0.29) is 12.0 Å². The predicted octanol–water partition coefficient (Wildman–Crippen LogP) is 3.29. The minimum absolute atomic E-state index is 0.126. The van der Waals surface area contributed by atoms with Gasteiger partial charge in [0.2, 0.25) is 0 Å². The van der Waals surface area contributed by atoms with Crippen molar-refractivity contribution >= 4 is 11.9 Å². The van der Waals surface area contributed by atoms with Crippen LogP contribution in [0.5, 0.6) is 0 Å². The number of methoxy groups -OCH3 is 2. The van der Waals surface area contributed by atoms with Crippen molar-refractivity contribution in [2.75, 3.05) is 14.2 Å². The number of alkyl halides is 3. The molecule has 2 atom stereocenters. The second-order valence-corrected chi connectivity index (χ2v) is 5.97. The summed E-state index contributed by atoms with van der Waals surface area (Å²) in [5.41, 5.74) is -0.453. The molecule has 0 unspecified atom stereocenters. The van der Waals surface area contributed by atoms with Crippen molar-refractivity contribution in [1.29, 1.82) is 0 Å². The highest BCUT2D eigenvalue weighted by Gasteiger charge is 2.35. The predicted molar refractivity (Wildman–Crippen MR) is 95.3 cm³/mol. The summed E-state index contributed by atoms with van der Waals surface area (Å²) in [6.45, 7) is 0. The number of benzene rings is 2. The normalized spacial score (nSPS) is 13.5. The van der Waals surface area contributed by atoms with Crippen molar-refractivity contribution in [1.82, 2.24) is 5.32 Å². The van der Waals surface area contributed by atoms with Gasteiger partial charge in [0.25, 0.3) is 5.91 Å². The summed E-state index contributed by atoms with van der Waals surface area (Å²) in [5.74, 6) is -1.51. The van der Waals surface area contributed by atoms with Crippen LogP contribution < -0.4 is 5.32 Å². The zero-order valence-corrected chi connectivity index (χ0v) is 15.3. The van der Waals surface area contributed by atoms with E-state index < -0.39 is 35.8 Å². The van der Waals surface area contributed by atoms with Gasteiger partial charge in [-0.2, -0.15) is 13.2 Å². The minimum Gasteiger partial charge on any atom is -0.467 e. The molecule has 0 radical (unpaired) electrons. The molecule has 2 rings (SSSR count). The number of carbonyl (C=O) groups is 2. The fourth-order valence-corrected chi connectivity index (χ4v) is 2.80. The molecule has 0 fully saturated rings. The van der Waals surface area contributed by atoms with E-state index in [0.29, 0.717) is 5.56 Å². The second kappa shape index (κ2) is 9.36. The summed E-state index contributed by atoms with van der Waals surface area (Å²) in [5, 5.41) is 2.44. The minimum atomic E-state index is -4.58. The Morgan fingerprint density at radius 2 is 1.61 bits per heavy atom. The molecule has 0 aliphatic heterocycles. The number of rotatable bonds is 7. The van der Waals surface area contributed by atoms with Crippen LogP contribution in [0.25, 0.3) is 0 Å². The van der Waals surface area contributed by atoms with Crippen molar-refractivity contribution in [3.63, 3.8) is 0 Å². The van der Waals surface area contributed by atoms with Gasteiger partial charge in [-0.1, -0.05) is 48.5 Å². The number of halogens is 3. The van der Waals surface area contributed by atoms with Crippen LogP contribution in [-0.2, 0) is 31.7 Å². The Kier molecular flexibility index (Phi) is 7.17. The van der Waals surface area contributed by atoms with Gasteiger partial charge >= 0.3 is 12.1 Å². The van der Waals surface area contributed by atoms with Gasteiger partial charge in [-0.05, 0) is 17.2 Å². The first-order valence-corrected chi connectivity index (χ1v) is 8.39. The van der Waals surface area contributed by atoms with Crippen LogP contribution in [0, 0.1) is 0 Å². The summed E-state index contributed by atoms with van der Waals surface area (Å²) < 4.78 is 49.5. The molecule has 2 aromatic carbocycles. The van der Waals surface area contributed by atoms with E-state index in [1.807, 2.05) is 0 Å². The molecule has 0 aliphatic rings. The van der Waals surface area contributed by atoms with Gasteiger partial charge in [-0.3, -0.25) is 4.79 Å². The first-order chi connectivity index (χ1) is 13.3. The summed E-state index contributed by atoms with van der Waals surface area (Å²) in [4.78, 5) is 24.7. The van der Waals surface area contributed by atoms with E-state index in [2.05, 4.69) is 10.1 Å². The number of esters is 1. The van der Waals surface area contributed by atoms with Gasteiger partial charge in [-0.25, -0.2) is 4.79 Å². The molecule has 0 aliphatic carbocycles. The van der Waals surface area contributed by atoms with Crippen LogP contribution in [-0.4, -0.2) is 32.1 Å². The SMILES string of the molecule is COC(=O)[C@@H](Cc1ccccc1C(F)(F)F)NC(=O)[C@@H](OC)c1ccccc1. The first-order valence-electron chi connectivity index (χ1n) is 8.39. The van der Waals surface area contributed by atoms with Gasteiger partial charge in [-0.15, -0.1) is 0 Å². The maximum absolute atomic E-state index is 13.2. The topological polar surface area (TPSA) is 64.6 Å². The first kappa shape index (κ1) is 21.4. The Morgan fingerprint density at radius 3 is 2.18 bits per heavy atom. The molecule has 28 heavy (non-hydrogen) atoms. The maximum Gasteiger partial charge on any atom is 0.416 e. The number of hydrogen-bond acceptors (Lipinski definition) is 4. The largest absolute Gasteiger partial charge is 0.467 e. The number of ether oxygens (including phenoxy) is 2. The average molecular weight is 395 g/mol. The molecule has 0 spiro atoms. The number of nitrogens with one attached hydrogen (secondary N) is 1. The van der Waals surface area contributed by atoms with Crippen LogP contribution >= 0.6 is 0 Å². The molecule has 1 amide bonds. The fraction of sp³-hybridized carbons (Fsp3) is 0.300. The van der Waals surface area contributed by atoms with Crippen molar-refractivity contribution in [2.45, 2.75) is 24.7 Å². The molecule has 150 valence electrons. The fourth-order valence-electron chi connectivity index (χ4n) is 2.80. The van der Waals surface area contributed by atoms with E-state index >= 15 is 0 Å². The lowest BCUT2D eigenvalue weighted by Gasteiger charge is -2.22. The molecule has 5 nitrogen and oxygen atoms in total. The van der Waals surface area contributed by atoms with E-state index in [1.165, 1.54) is 25.3 Å². The monoisotopic (exact) mass is 395 g/mol. The van der Waals surface area contributed by atoms with Crippen molar-refractivity contribution in [3.05, 3.63) is 71.3 Å². The Balaban J connectivity index is 2.26. The third kappa shape index (κ3) is 5.32. The van der Waals surface area contributed by atoms with Crippen molar-refractivity contribution in [3.8, 4) is 0 Å². The quantitative estimate of drug-likeness (QED) is 0.731. The lowest BCUT2D eigenvalue weighted by molar-refractivity contribution is -0.147. The molecule has 0 aromatic heterocycles. The van der Waals surface area contributed by atoms with E-state index in [0.717, 1.165) is 13.2 Å². The smallest absolute Gasteiger partial charge is 0.416 e. The lowest BCUT2D eigenvalue weighted by Crippen LogP contribution is -2.45. The zero-order chi connectivity index (χ0) is 20.7. The van der Waals surface area contributed by atoms with Crippen molar-refractivity contribution < 1.29 is 32.2 Å². The maximum atomic E-state index is 13.2. The Hall–Kier alpha value is -2.87. The molecule has 2 aromatic rings. The highest BCUT2D eigenvalue weighted by Crippen LogP contribution is 2.32.